The number of rotatable bonds is 7. The second-order valence-corrected chi connectivity index (χ2v) is 11.9. The molecule has 2 atom stereocenters. The fourth-order valence-electron chi connectivity index (χ4n) is 4.83. The molecule has 2 amide bonds. The number of thiophene rings is 1. The van der Waals surface area contributed by atoms with Gasteiger partial charge < -0.3 is 9.80 Å². The van der Waals surface area contributed by atoms with Crippen LogP contribution in [0.4, 0.5) is 0 Å². The smallest absolute Gasteiger partial charge is 0.245 e. The summed E-state index contributed by atoms with van der Waals surface area (Å²) in [5.74, 6) is -0.271. The Hall–Kier alpha value is -2.63. The van der Waals surface area contributed by atoms with Crippen molar-refractivity contribution in [2.24, 2.45) is 0 Å². The Bertz CT molecular complexity index is 1180. The molecule has 2 aromatic carbocycles. The number of alkyl halides is 1. The summed E-state index contributed by atoms with van der Waals surface area (Å²) < 4.78 is 0. The Morgan fingerprint density at radius 2 is 1.78 bits per heavy atom. The molecule has 36 heavy (non-hydrogen) atoms. The fourth-order valence-corrected chi connectivity index (χ4v) is 6.01. The molecule has 0 spiro atoms. The van der Waals surface area contributed by atoms with Crippen molar-refractivity contribution in [3.8, 4) is 0 Å². The maximum absolute atomic E-state index is 13.8. The first-order chi connectivity index (χ1) is 17.2. The van der Waals surface area contributed by atoms with Crippen LogP contribution < -0.4 is 0 Å². The first-order valence-corrected chi connectivity index (χ1v) is 14.0. The Morgan fingerprint density at radius 1 is 1.08 bits per heavy atom. The minimum Gasteiger partial charge on any atom is -0.332 e. The second-order valence-electron chi connectivity index (χ2n) is 10.4. The quantitative estimate of drug-likeness (QED) is 0.322. The van der Waals surface area contributed by atoms with E-state index in [-0.39, 0.29) is 29.8 Å². The van der Waals surface area contributed by atoms with Crippen molar-refractivity contribution in [2.75, 3.05) is 19.6 Å². The number of hydrogen-bond acceptors (Lipinski definition) is 3. The van der Waals surface area contributed by atoms with Crippen LogP contribution in [0.1, 0.15) is 72.7 Å². The minimum atomic E-state index is -0.809. The second kappa shape index (κ2) is 11.2. The van der Waals surface area contributed by atoms with Gasteiger partial charge >= 0.3 is 0 Å². The van der Waals surface area contributed by atoms with E-state index in [4.69, 9.17) is 11.6 Å². The fraction of sp³-hybridized carbons (Fsp3) is 0.400. The summed E-state index contributed by atoms with van der Waals surface area (Å²) >= 11 is 8.32. The third kappa shape index (κ3) is 5.68. The molecule has 1 aromatic heterocycles. The van der Waals surface area contributed by atoms with Gasteiger partial charge in [-0.1, -0.05) is 82.3 Å². The van der Waals surface area contributed by atoms with E-state index in [1.807, 2.05) is 42.2 Å². The molecule has 0 fully saturated rings. The summed E-state index contributed by atoms with van der Waals surface area (Å²) in [6, 6.07) is 20.0. The number of benzene rings is 2. The van der Waals surface area contributed by atoms with E-state index in [1.165, 1.54) is 16.0 Å². The van der Waals surface area contributed by atoms with Crippen LogP contribution in [-0.2, 0) is 21.4 Å². The zero-order valence-electron chi connectivity index (χ0n) is 21.5. The number of carbonyl (C=O) groups excluding carboxylic acids is 2. The predicted molar refractivity (Wildman–Crippen MR) is 149 cm³/mol. The van der Waals surface area contributed by atoms with Crippen LogP contribution in [0.2, 0.25) is 0 Å². The lowest BCUT2D eigenvalue weighted by atomic mass is 9.85. The highest BCUT2D eigenvalue weighted by Crippen LogP contribution is 2.38. The minimum absolute atomic E-state index is 0.0266. The highest BCUT2D eigenvalue weighted by molar-refractivity contribution is 7.10. The average molecular weight is 523 g/mol. The molecule has 0 bridgehead atoms. The van der Waals surface area contributed by atoms with Crippen LogP contribution in [0.15, 0.2) is 66.0 Å². The predicted octanol–water partition coefficient (Wildman–Crippen LogP) is 6.74. The molecule has 0 saturated heterocycles. The topological polar surface area (TPSA) is 40.6 Å². The largest absolute Gasteiger partial charge is 0.332 e. The van der Waals surface area contributed by atoms with Crippen molar-refractivity contribution >= 4 is 34.8 Å². The van der Waals surface area contributed by atoms with Gasteiger partial charge in [0.25, 0.3) is 0 Å². The van der Waals surface area contributed by atoms with Gasteiger partial charge in [-0.05, 0) is 52.0 Å². The van der Waals surface area contributed by atoms with E-state index in [2.05, 4.69) is 56.5 Å². The Morgan fingerprint density at radius 3 is 2.42 bits per heavy atom. The number of hydrogen-bond donors (Lipinski definition) is 0. The van der Waals surface area contributed by atoms with Gasteiger partial charge in [0.15, 0.2) is 0 Å². The third-order valence-corrected chi connectivity index (χ3v) is 8.25. The summed E-state index contributed by atoms with van der Waals surface area (Å²) in [5, 5.41) is 1.30. The van der Waals surface area contributed by atoms with Gasteiger partial charge in [-0.15, -0.1) is 22.9 Å². The molecular formula is C30H35ClN2O2S. The zero-order valence-corrected chi connectivity index (χ0v) is 23.1. The maximum Gasteiger partial charge on any atom is 0.245 e. The van der Waals surface area contributed by atoms with E-state index in [1.54, 1.807) is 16.2 Å². The van der Waals surface area contributed by atoms with Gasteiger partial charge in [0.05, 0.1) is 12.6 Å². The Kier molecular flexibility index (Phi) is 8.21. The Labute approximate surface area is 223 Å². The van der Waals surface area contributed by atoms with Gasteiger partial charge in [-0.25, -0.2) is 0 Å². The van der Waals surface area contributed by atoms with Crippen LogP contribution in [0.25, 0.3) is 0 Å². The molecule has 2 unspecified atom stereocenters. The van der Waals surface area contributed by atoms with E-state index < -0.39 is 5.38 Å². The summed E-state index contributed by atoms with van der Waals surface area (Å²) in [6.45, 7) is 9.77. The summed E-state index contributed by atoms with van der Waals surface area (Å²) in [6.07, 6.45) is 1.59. The van der Waals surface area contributed by atoms with Crippen LogP contribution in [0.3, 0.4) is 0 Å². The van der Waals surface area contributed by atoms with Gasteiger partial charge in [0, 0.05) is 18.0 Å². The lowest BCUT2D eigenvalue weighted by molar-refractivity contribution is -0.141. The SMILES string of the molecule is CCCN(CC(=O)N1CCc2sccc2C1c1ccc(C(C)(C)C)cc1)C(=O)C(Cl)c1ccccc1. The molecule has 190 valence electrons. The maximum atomic E-state index is 13.8. The summed E-state index contributed by atoms with van der Waals surface area (Å²) in [7, 11) is 0. The van der Waals surface area contributed by atoms with Crippen LogP contribution in [-0.4, -0.2) is 41.2 Å². The molecule has 4 rings (SSSR count). The number of nitrogens with zero attached hydrogens (tertiary/aromatic N) is 2. The molecule has 1 aliphatic heterocycles. The molecule has 0 radical (unpaired) electrons. The van der Waals surface area contributed by atoms with Gasteiger partial charge in [0.2, 0.25) is 11.8 Å². The van der Waals surface area contributed by atoms with E-state index >= 15 is 0 Å². The number of fused-ring (bicyclic) bond motifs is 1. The number of halogens is 1. The standard InChI is InChI=1S/C30H35ClN2O2S/c1-5-17-32(29(35)27(31)21-9-7-6-8-10-21)20-26(34)33-18-15-25-24(16-19-36-25)28(33)22-11-13-23(14-12-22)30(2,3)4/h6-14,16,19,27-28H,5,15,17-18,20H2,1-4H3. The van der Waals surface area contributed by atoms with Crippen LogP contribution in [0.5, 0.6) is 0 Å². The van der Waals surface area contributed by atoms with Crippen molar-refractivity contribution in [2.45, 2.75) is 57.4 Å². The molecule has 0 saturated carbocycles. The molecular weight excluding hydrogens is 488 g/mol. The van der Waals surface area contributed by atoms with E-state index in [9.17, 15) is 9.59 Å². The van der Waals surface area contributed by atoms with Crippen molar-refractivity contribution in [3.05, 3.63) is 93.2 Å². The van der Waals surface area contributed by atoms with E-state index in [0.717, 1.165) is 24.0 Å². The van der Waals surface area contributed by atoms with Gasteiger partial charge in [-0.2, -0.15) is 0 Å². The highest BCUT2D eigenvalue weighted by Gasteiger charge is 2.35. The van der Waals surface area contributed by atoms with Crippen LogP contribution in [0, 0.1) is 0 Å². The molecule has 6 heteroatoms. The highest BCUT2D eigenvalue weighted by atomic mass is 35.5. The molecule has 3 aromatic rings. The van der Waals surface area contributed by atoms with Gasteiger partial charge in [0.1, 0.15) is 5.38 Å². The first kappa shape index (κ1) is 26.4. The summed E-state index contributed by atoms with van der Waals surface area (Å²) in [4.78, 5) is 32.0. The number of amides is 2. The summed E-state index contributed by atoms with van der Waals surface area (Å²) in [5.41, 5.74) is 4.36. The molecule has 2 heterocycles. The van der Waals surface area contributed by atoms with Gasteiger partial charge in [-0.3, -0.25) is 9.59 Å². The van der Waals surface area contributed by atoms with Crippen LogP contribution >= 0.6 is 22.9 Å². The lowest BCUT2D eigenvalue weighted by Crippen LogP contribution is -2.47. The number of carbonyl (C=O) groups is 2. The molecule has 1 aliphatic rings. The monoisotopic (exact) mass is 522 g/mol. The van der Waals surface area contributed by atoms with E-state index in [0.29, 0.717) is 13.1 Å². The average Bonchev–Trinajstić information content (AvgIpc) is 3.36. The Balaban J connectivity index is 1.59. The van der Waals surface area contributed by atoms with Crippen molar-refractivity contribution in [1.82, 2.24) is 9.80 Å². The molecule has 4 nitrogen and oxygen atoms in total. The normalized spacial score (nSPS) is 16.4. The first-order valence-electron chi connectivity index (χ1n) is 12.6. The molecule has 0 N–H and O–H groups in total. The third-order valence-electron chi connectivity index (χ3n) is 6.82. The lowest BCUT2D eigenvalue weighted by Gasteiger charge is -2.38. The van der Waals surface area contributed by atoms with Crippen molar-refractivity contribution < 1.29 is 9.59 Å². The van der Waals surface area contributed by atoms with Crippen molar-refractivity contribution in [3.63, 3.8) is 0 Å². The molecule has 0 aliphatic carbocycles. The van der Waals surface area contributed by atoms with Crippen molar-refractivity contribution in [1.29, 1.82) is 0 Å². The zero-order chi connectivity index (χ0) is 25.9.